The zero-order chi connectivity index (χ0) is 14.2. The van der Waals surface area contributed by atoms with Crippen LogP contribution in [-0.4, -0.2) is 52.6 Å². The molecular weight excluding hydrogens is 272 g/mol. The van der Waals surface area contributed by atoms with Gasteiger partial charge in [0.15, 0.2) is 0 Å². The maximum atomic E-state index is 5.83. The number of rotatable bonds is 4. The van der Waals surface area contributed by atoms with Crippen molar-refractivity contribution in [3.05, 3.63) is 5.82 Å². The number of hydrogen-bond donors (Lipinski definition) is 1. The highest BCUT2D eigenvalue weighted by Crippen LogP contribution is 2.28. The van der Waals surface area contributed by atoms with Gasteiger partial charge >= 0.3 is 0 Å². The first-order chi connectivity index (χ1) is 9.52. The van der Waals surface area contributed by atoms with Gasteiger partial charge in [0, 0.05) is 42.6 Å². The molecule has 0 spiro atoms. The van der Waals surface area contributed by atoms with Gasteiger partial charge in [0.25, 0.3) is 0 Å². The predicted octanol–water partition coefficient (Wildman–Crippen LogP) is 2.11. The SMILES string of the molecule is CC(C)(C)c1nsc(NCC2CN(C3CC3)CCO2)n1. The van der Waals surface area contributed by atoms with Gasteiger partial charge in [-0.25, -0.2) is 4.98 Å². The molecule has 1 unspecified atom stereocenters. The van der Waals surface area contributed by atoms with Crippen LogP contribution in [-0.2, 0) is 10.2 Å². The van der Waals surface area contributed by atoms with Crippen molar-refractivity contribution in [1.29, 1.82) is 0 Å². The molecular formula is C14H24N4OS. The first-order valence-corrected chi connectivity index (χ1v) is 8.23. The normalized spacial score (nSPS) is 24.9. The van der Waals surface area contributed by atoms with Gasteiger partial charge in [-0.3, -0.25) is 4.90 Å². The monoisotopic (exact) mass is 296 g/mol. The Morgan fingerprint density at radius 2 is 2.20 bits per heavy atom. The van der Waals surface area contributed by atoms with Gasteiger partial charge in [0.2, 0.25) is 5.13 Å². The molecule has 1 saturated carbocycles. The topological polar surface area (TPSA) is 50.3 Å². The summed E-state index contributed by atoms with van der Waals surface area (Å²) in [5.74, 6) is 0.911. The lowest BCUT2D eigenvalue weighted by molar-refractivity contribution is -0.0241. The highest BCUT2D eigenvalue weighted by molar-refractivity contribution is 7.09. The molecule has 0 bridgehead atoms. The van der Waals surface area contributed by atoms with Crippen LogP contribution in [0.15, 0.2) is 0 Å². The zero-order valence-corrected chi connectivity index (χ0v) is 13.4. The molecule has 6 heteroatoms. The van der Waals surface area contributed by atoms with Crippen molar-refractivity contribution >= 4 is 16.7 Å². The summed E-state index contributed by atoms with van der Waals surface area (Å²) in [6.07, 6.45) is 3.00. The average molecular weight is 296 g/mol. The van der Waals surface area contributed by atoms with Crippen molar-refractivity contribution in [1.82, 2.24) is 14.3 Å². The summed E-state index contributed by atoms with van der Waals surface area (Å²) < 4.78 is 10.3. The summed E-state index contributed by atoms with van der Waals surface area (Å²) >= 11 is 1.44. The standard InChI is InChI=1S/C14H24N4OS/c1-14(2,3)12-16-13(20-17-12)15-8-11-9-18(6-7-19-11)10-4-5-10/h10-11H,4-9H2,1-3H3,(H,15,16,17). The summed E-state index contributed by atoms with van der Waals surface area (Å²) in [7, 11) is 0. The molecule has 1 atom stereocenters. The molecule has 1 N–H and O–H groups in total. The molecule has 0 amide bonds. The van der Waals surface area contributed by atoms with Crippen molar-refractivity contribution in [2.45, 2.75) is 51.2 Å². The number of hydrogen-bond acceptors (Lipinski definition) is 6. The fraction of sp³-hybridized carbons (Fsp3) is 0.857. The van der Waals surface area contributed by atoms with E-state index in [1.807, 2.05) is 0 Å². The summed E-state index contributed by atoms with van der Waals surface area (Å²) in [5.41, 5.74) is 0.0144. The van der Waals surface area contributed by atoms with E-state index in [0.717, 1.165) is 43.2 Å². The Bertz CT molecular complexity index is 452. The number of nitrogens with zero attached hydrogens (tertiary/aromatic N) is 3. The van der Waals surface area contributed by atoms with Gasteiger partial charge in [-0.05, 0) is 12.8 Å². The molecule has 3 rings (SSSR count). The zero-order valence-electron chi connectivity index (χ0n) is 12.6. The van der Waals surface area contributed by atoms with Crippen molar-refractivity contribution in [2.75, 3.05) is 31.6 Å². The third-order valence-electron chi connectivity index (χ3n) is 3.81. The van der Waals surface area contributed by atoms with Crippen LogP contribution in [0.2, 0.25) is 0 Å². The summed E-state index contributed by atoms with van der Waals surface area (Å²) in [4.78, 5) is 7.13. The van der Waals surface area contributed by atoms with E-state index in [9.17, 15) is 0 Å². The Hall–Kier alpha value is -0.720. The van der Waals surface area contributed by atoms with Crippen molar-refractivity contribution in [3.63, 3.8) is 0 Å². The first-order valence-electron chi connectivity index (χ1n) is 7.46. The van der Waals surface area contributed by atoms with Gasteiger partial charge in [-0.1, -0.05) is 20.8 Å². The molecule has 1 saturated heterocycles. The number of nitrogens with one attached hydrogen (secondary N) is 1. The molecule has 2 heterocycles. The van der Waals surface area contributed by atoms with Crippen LogP contribution in [0, 0.1) is 0 Å². The average Bonchev–Trinajstić information content (AvgIpc) is 3.14. The van der Waals surface area contributed by atoms with Crippen molar-refractivity contribution < 1.29 is 4.74 Å². The summed E-state index contributed by atoms with van der Waals surface area (Å²) in [6.45, 7) is 10.2. The predicted molar refractivity (Wildman–Crippen MR) is 81.4 cm³/mol. The number of morpholine rings is 1. The Kier molecular flexibility index (Phi) is 3.97. The van der Waals surface area contributed by atoms with E-state index in [1.54, 1.807) is 0 Å². The van der Waals surface area contributed by atoms with Crippen LogP contribution < -0.4 is 5.32 Å². The molecule has 20 heavy (non-hydrogen) atoms. The van der Waals surface area contributed by atoms with E-state index in [2.05, 4.69) is 40.3 Å². The number of ether oxygens (including phenoxy) is 1. The van der Waals surface area contributed by atoms with Crippen molar-refractivity contribution in [3.8, 4) is 0 Å². The molecule has 1 aliphatic carbocycles. The second kappa shape index (κ2) is 5.58. The van der Waals surface area contributed by atoms with Gasteiger partial charge in [0.1, 0.15) is 5.82 Å². The van der Waals surface area contributed by atoms with Gasteiger partial charge in [-0.15, -0.1) is 0 Å². The molecule has 1 aromatic rings. The van der Waals surface area contributed by atoms with E-state index in [0.29, 0.717) is 0 Å². The Balaban J connectivity index is 1.50. The Labute approximate surface area is 124 Å². The fourth-order valence-corrected chi connectivity index (χ4v) is 3.20. The van der Waals surface area contributed by atoms with Crippen LogP contribution in [0.4, 0.5) is 5.13 Å². The smallest absolute Gasteiger partial charge is 0.202 e. The lowest BCUT2D eigenvalue weighted by atomic mass is 9.96. The molecule has 0 aromatic carbocycles. The quantitative estimate of drug-likeness (QED) is 0.922. The molecule has 1 aromatic heterocycles. The van der Waals surface area contributed by atoms with Crippen LogP contribution in [0.1, 0.15) is 39.4 Å². The van der Waals surface area contributed by atoms with Crippen LogP contribution in [0.5, 0.6) is 0 Å². The molecule has 1 aliphatic heterocycles. The third kappa shape index (κ3) is 3.48. The van der Waals surface area contributed by atoms with E-state index in [4.69, 9.17) is 4.74 Å². The second-order valence-electron chi connectivity index (χ2n) is 6.77. The van der Waals surface area contributed by atoms with Crippen LogP contribution in [0.3, 0.4) is 0 Å². The number of aromatic nitrogens is 2. The largest absolute Gasteiger partial charge is 0.374 e. The minimum atomic E-state index is 0.0144. The van der Waals surface area contributed by atoms with E-state index >= 15 is 0 Å². The number of anilines is 1. The van der Waals surface area contributed by atoms with Crippen LogP contribution in [0.25, 0.3) is 0 Å². The molecule has 2 fully saturated rings. The third-order valence-corrected chi connectivity index (χ3v) is 4.48. The molecule has 0 radical (unpaired) electrons. The van der Waals surface area contributed by atoms with E-state index < -0.39 is 0 Å². The second-order valence-corrected chi connectivity index (χ2v) is 7.52. The minimum absolute atomic E-state index is 0.0144. The highest BCUT2D eigenvalue weighted by Gasteiger charge is 2.32. The maximum Gasteiger partial charge on any atom is 0.202 e. The minimum Gasteiger partial charge on any atom is -0.374 e. The lowest BCUT2D eigenvalue weighted by Gasteiger charge is -2.32. The highest BCUT2D eigenvalue weighted by atomic mass is 32.1. The molecule has 112 valence electrons. The summed E-state index contributed by atoms with van der Waals surface area (Å²) in [6, 6.07) is 0.829. The van der Waals surface area contributed by atoms with Crippen molar-refractivity contribution in [2.24, 2.45) is 0 Å². The molecule has 5 nitrogen and oxygen atoms in total. The van der Waals surface area contributed by atoms with Gasteiger partial charge in [0.05, 0.1) is 12.7 Å². The van der Waals surface area contributed by atoms with E-state index in [1.165, 1.54) is 24.4 Å². The fourth-order valence-electron chi connectivity index (χ4n) is 2.44. The lowest BCUT2D eigenvalue weighted by Crippen LogP contribution is -2.46. The first kappa shape index (κ1) is 14.2. The molecule has 2 aliphatic rings. The van der Waals surface area contributed by atoms with Crippen LogP contribution >= 0.6 is 11.5 Å². The van der Waals surface area contributed by atoms with Gasteiger partial charge < -0.3 is 10.1 Å². The van der Waals surface area contributed by atoms with Gasteiger partial charge in [-0.2, -0.15) is 4.37 Å². The Morgan fingerprint density at radius 3 is 2.85 bits per heavy atom. The maximum absolute atomic E-state index is 5.83. The van der Waals surface area contributed by atoms with E-state index in [-0.39, 0.29) is 11.5 Å². The summed E-state index contributed by atoms with van der Waals surface area (Å²) in [5, 5.41) is 4.28. The Morgan fingerprint density at radius 1 is 1.40 bits per heavy atom.